The lowest BCUT2D eigenvalue weighted by Crippen LogP contribution is -2.29. The molecule has 23 heavy (non-hydrogen) atoms. The van der Waals surface area contributed by atoms with Crippen molar-refractivity contribution in [2.75, 3.05) is 21.0 Å². The van der Waals surface area contributed by atoms with E-state index in [1.807, 2.05) is 26.0 Å². The van der Waals surface area contributed by atoms with Crippen molar-refractivity contribution >= 4 is 23.1 Å². The van der Waals surface area contributed by atoms with E-state index in [1.54, 1.807) is 13.2 Å². The van der Waals surface area contributed by atoms with Gasteiger partial charge in [0, 0.05) is 24.6 Å². The average molecular weight is 339 g/mol. The maximum Gasteiger partial charge on any atom is 0.330 e. The minimum absolute atomic E-state index is 0.220. The predicted molar refractivity (Wildman–Crippen MR) is 90.5 cm³/mol. The highest BCUT2D eigenvalue weighted by Crippen LogP contribution is 2.40. The van der Waals surface area contributed by atoms with Crippen LogP contribution in [-0.2, 0) is 25.4 Å². The van der Waals surface area contributed by atoms with E-state index in [4.69, 9.17) is 25.8 Å². The Morgan fingerprint density at radius 3 is 2.78 bits per heavy atom. The molecule has 0 amide bonds. The zero-order valence-corrected chi connectivity index (χ0v) is 14.8. The lowest BCUT2D eigenvalue weighted by atomic mass is 9.90. The van der Waals surface area contributed by atoms with Crippen molar-refractivity contribution < 1.29 is 19.0 Å². The molecule has 0 saturated heterocycles. The molecule has 1 aromatic carbocycles. The van der Waals surface area contributed by atoms with Crippen molar-refractivity contribution in [1.82, 2.24) is 0 Å². The number of methoxy groups -OCH3 is 2. The predicted octanol–water partition coefficient (Wildman–Crippen LogP) is 3.92. The van der Waals surface area contributed by atoms with Gasteiger partial charge in [0.15, 0.2) is 0 Å². The third-order valence-electron chi connectivity index (χ3n) is 4.31. The maximum absolute atomic E-state index is 11.8. The van der Waals surface area contributed by atoms with Crippen LogP contribution in [0.25, 0.3) is 5.57 Å². The minimum atomic E-state index is -0.409. The number of hydrogen-bond acceptors (Lipinski definition) is 4. The normalized spacial score (nSPS) is 22.6. The van der Waals surface area contributed by atoms with Crippen molar-refractivity contribution in [2.24, 2.45) is 0 Å². The molecule has 1 aromatic rings. The Hall–Kier alpha value is -1.36. The third kappa shape index (κ3) is 4.14. The second kappa shape index (κ2) is 7.47. The maximum atomic E-state index is 11.8. The Balaban J connectivity index is 2.51. The van der Waals surface area contributed by atoms with Crippen LogP contribution in [-0.4, -0.2) is 32.6 Å². The molecule has 1 atom stereocenters. The molecular formula is C18H23ClO4. The van der Waals surface area contributed by atoms with E-state index in [2.05, 4.69) is 0 Å². The zero-order chi connectivity index (χ0) is 17.0. The lowest BCUT2D eigenvalue weighted by molar-refractivity contribution is -0.134. The second-order valence-corrected chi connectivity index (χ2v) is 6.48. The summed E-state index contributed by atoms with van der Waals surface area (Å²) in [7, 11) is 2.98. The molecule has 1 aliphatic rings. The molecule has 0 aromatic heterocycles. The van der Waals surface area contributed by atoms with E-state index in [0.29, 0.717) is 11.4 Å². The number of ether oxygens (including phenoxy) is 3. The smallest absolute Gasteiger partial charge is 0.330 e. The van der Waals surface area contributed by atoms with Crippen LogP contribution in [0.15, 0.2) is 18.2 Å². The van der Waals surface area contributed by atoms with Crippen molar-refractivity contribution in [3.63, 3.8) is 0 Å². The number of hydrogen-bond donors (Lipinski definition) is 0. The Morgan fingerprint density at radius 1 is 1.39 bits per heavy atom. The van der Waals surface area contributed by atoms with Crippen LogP contribution >= 0.6 is 11.6 Å². The molecule has 0 aliphatic heterocycles. The van der Waals surface area contributed by atoms with Gasteiger partial charge in [0.25, 0.3) is 0 Å². The number of benzene rings is 1. The second-order valence-electron chi connectivity index (χ2n) is 6.08. The molecular weight excluding hydrogens is 316 g/mol. The first-order valence-corrected chi connectivity index (χ1v) is 7.98. The van der Waals surface area contributed by atoms with Crippen LogP contribution in [0.5, 0.6) is 0 Å². The molecule has 5 heteroatoms. The van der Waals surface area contributed by atoms with Crippen LogP contribution in [0.1, 0.15) is 36.5 Å². The molecule has 0 saturated carbocycles. The number of carbonyl (C=O) groups excluding carboxylic acids is 1. The lowest BCUT2D eigenvalue weighted by Gasteiger charge is -2.28. The van der Waals surface area contributed by atoms with Crippen LogP contribution in [0.2, 0.25) is 5.02 Å². The number of fused-ring (bicyclic) bond motifs is 1. The summed E-state index contributed by atoms with van der Waals surface area (Å²) < 4.78 is 15.8. The SMILES string of the molecule is COCOC1(C)CCc2ccc(Cl)c(C)c2/C(=C/C(=O)OC)C1. The fourth-order valence-electron chi connectivity index (χ4n) is 3.03. The number of carbonyl (C=O) groups is 1. The van der Waals surface area contributed by atoms with Gasteiger partial charge < -0.3 is 14.2 Å². The Labute approximate surface area is 142 Å². The fourth-order valence-corrected chi connectivity index (χ4v) is 3.18. The first-order valence-electron chi connectivity index (χ1n) is 7.60. The zero-order valence-electron chi connectivity index (χ0n) is 14.1. The summed E-state index contributed by atoms with van der Waals surface area (Å²) in [5.74, 6) is -0.374. The van der Waals surface area contributed by atoms with Crippen LogP contribution in [0, 0.1) is 6.92 Å². The summed E-state index contributed by atoms with van der Waals surface area (Å²) >= 11 is 6.29. The van der Waals surface area contributed by atoms with Gasteiger partial charge in [-0.2, -0.15) is 0 Å². The molecule has 1 unspecified atom stereocenters. The van der Waals surface area contributed by atoms with Gasteiger partial charge in [0.2, 0.25) is 0 Å². The van der Waals surface area contributed by atoms with Gasteiger partial charge in [-0.1, -0.05) is 17.7 Å². The topological polar surface area (TPSA) is 44.8 Å². The van der Waals surface area contributed by atoms with Gasteiger partial charge in [-0.25, -0.2) is 4.79 Å². The van der Waals surface area contributed by atoms with E-state index in [9.17, 15) is 4.79 Å². The van der Waals surface area contributed by atoms with Crippen LogP contribution in [0.3, 0.4) is 0 Å². The number of aryl methyl sites for hydroxylation is 1. The van der Waals surface area contributed by atoms with E-state index >= 15 is 0 Å². The van der Waals surface area contributed by atoms with Gasteiger partial charge in [0.1, 0.15) is 6.79 Å². The van der Waals surface area contributed by atoms with Gasteiger partial charge in [-0.3, -0.25) is 0 Å². The minimum Gasteiger partial charge on any atom is -0.466 e. The Morgan fingerprint density at radius 2 is 2.13 bits per heavy atom. The highest BCUT2D eigenvalue weighted by Gasteiger charge is 2.32. The molecule has 0 bridgehead atoms. The summed E-state index contributed by atoms with van der Waals surface area (Å²) in [6, 6.07) is 3.93. The highest BCUT2D eigenvalue weighted by atomic mass is 35.5. The Kier molecular flexibility index (Phi) is 5.84. The number of esters is 1. The van der Waals surface area contributed by atoms with Crippen molar-refractivity contribution in [3.05, 3.63) is 39.9 Å². The molecule has 0 radical (unpaired) electrons. The van der Waals surface area contributed by atoms with Crippen LogP contribution in [0.4, 0.5) is 0 Å². The van der Waals surface area contributed by atoms with Gasteiger partial charge in [-0.05, 0) is 55.0 Å². The summed E-state index contributed by atoms with van der Waals surface area (Å²) in [6.07, 6.45) is 3.83. The standard InChI is InChI=1S/C18H23ClO4/c1-12-15(19)6-5-13-7-8-18(2,23-11-21-3)10-14(17(12)13)9-16(20)22-4/h5-6,9H,7-8,10-11H2,1-4H3/b14-9+. The fraction of sp³-hybridized carbons (Fsp3) is 0.500. The Bertz CT molecular complexity index is 624. The van der Waals surface area contributed by atoms with Gasteiger partial charge in [-0.15, -0.1) is 0 Å². The highest BCUT2D eigenvalue weighted by molar-refractivity contribution is 6.31. The molecule has 0 spiro atoms. The number of rotatable bonds is 4. The van der Waals surface area contributed by atoms with Crippen molar-refractivity contribution in [1.29, 1.82) is 0 Å². The molecule has 0 N–H and O–H groups in total. The molecule has 2 rings (SSSR count). The largest absolute Gasteiger partial charge is 0.466 e. The first-order chi connectivity index (χ1) is 10.9. The van der Waals surface area contributed by atoms with Crippen molar-refractivity contribution in [2.45, 2.75) is 38.7 Å². The molecule has 4 nitrogen and oxygen atoms in total. The molecule has 126 valence electrons. The van der Waals surface area contributed by atoms with E-state index in [0.717, 1.165) is 29.5 Å². The van der Waals surface area contributed by atoms with Gasteiger partial charge >= 0.3 is 5.97 Å². The summed E-state index contributed by atoms with van der Waals surface area (Å²) in [5, 5.41) is 0.695. The summed E-state index contributed by atoms with van der Waals surface area (Å²) in [5.41, 5.74) is 3.67. The molecule has 1 aliphatic carbocycles. The average Bonchev–Trinajstić information content (AvgIpc) is 2.66. The molecule has 0 fully saturated rings. The first kappa shape index (κ1) is 18.0. The van der Waals surface area contributed by atoms with E-state index in [-0.39, 0.29) is 12.8 Å². The number of halogens is 1. The molecule has 0 heterocycles. The summed E-state index contributed by atoms with van der Waals surface area (Å²) in [4.78, 5) is 11.8. The third-order valence-corrected chi connectivity index (χ3v) is 4.72. The monoisotopic (exact) mass is 338 g/mol. The summed E-state index contributed by atoms with van der Waals surface area (Å²) in [6.45, 7) is 4.24. The van der Waals surface area contributed by atoms with Gasteiger partial charge in [0.05, 0.1) is 12.7 Å². The van der Waals surface area contributed by atoms with Crippen molar-refractivity contribution in [3.8, 4) is 0 Å². The van der Waals surface area contributed by atoms with E-state index in [1.165, 1.54) is 12.7 Å². The van der Waals surface area contributed by atoms with Crippen LogP contribution < -0.4 is 0 Å². The quantitative estimate of drug-likeness (QED) is 0.361. The van der Waals surface area contributed by atoms with E-state index < -0.39 is 5.60 Å².